The lowest BCUT2D eigenvalue weighted by molar-refractivity contribution is -0.128. The molecule has 1 fully saturated rings. The van der Waals surface area contributed by atoms with Crippen molar-refractivity contribution in [1.82, 2.24) is 15.2 Å². The summed E-state index contributed by atoms with van der Waals surface area (Å²) in [7, 11) is -3.53. The Balaban J connectivity index is 1.34. The molecule has 2 amide bonds. The van der Waals surface area contributed by atoms with E-state index in [0.29, 0.717) is 25.3 Å². The molecule has 1 atom stereocenters. The molecule has 2 aliphatic heterocycles. The third-order valence-corrected chi connectivity index (χ3v) is 6.97. The van der Waals surface area contributed by atoms with E-state index >= 15 is 0 Å². The summed E-state index contributed by atoms with van der Waals surface area (Å²) in [6, 6.07) is 13.0. The Labute approximate surface area is 168 Å². The van der Waals surface area contributed by atoms with Gasteiger partial charge in [0.25, 0.3) is 11.8 Å². The van der Waals surface area contributed by atoms with Crippen molar-refractivity contribution < 1.29 is 22.7 Å². The molecule has 0 unspecified atom stereocenters. The monoisotopic (exact) mass is 415 g/mol. The summed E-state index contributed by atoms with van der Waals surface area (Å²) in [6.07, 6.45) is 1.44. The Bertz CT molecular complexity index is 1010. The van der Waals surface area contributed by atoms with E-state index in [1.54, 1.807) is 6.07 Å². The van der Waals surface area contributed by atoms with Gasteiger partial charge in [-0.05, 0) is 48.7 Å². The maximum absolute atomic E-state index is 12.5. The Morgan fingerprint density at radius 3 is 2.34 bits per heavy atom. The van der Waals surface area contributed by atoms with E-state index in [9.17, 15) is 18.0 Å². The highest BCUT2D eigenvalue weighted by Crippen LogP contribution is 2.28. The van der Waals surface area contributed by atoms with Gasteiger partial charge in [-0.15, -0.1) is 0 Å². The predicted octanol–water partition coefficient (Wildman–Crippen LogP) is 1.24. The van der Waals surface area contributed by atoms with Crippen molar-refractivity contribution in [2.75, 3.05) is 13.1 Å². The van der Waals surface area contributed by atoms with E-state index in [1.807, 2.05) is 18.2 Å². The molecule has 2 N–H and O–H groups in total. The van der Waals surface area contributed by atoms with E-state index in [4.69, 9.17) is 4.74 Å². The number of rotatable bonds is 4. The molecule has 0 saturated carbocycles. The van der Waals surface area contributed by atoms with Gasteiger partial charge in [0.05, 0.1) is 4.90 Å². The van der Waals surface area contributed by atoms with Crippen LogP contribution in [-0.2, 0) is 21.2 Å². The van der Waals surface area contributed by atoms with E-state index < -0.39 is 27.9 Å². The highest BCUT2D eigenvalue weighted by Gasteiger charge is 2.29. The molecular formula is C20H21N3O5S. The standard InChI is InChI=1S/C20H21N3O5S/c24-19(21-22-20(25)18-13-15-5-1-2-6-17(15)28-18)14-7-9-16(10-8-14)29(26,27)23-11-3-4-12-23/h1-2,5-10,18H,3-4,11-13H2,(H,21,24)(H,22,25)/t18-/m1/s1. The van der Waals surface area contributed by atoms with Gasteiger partial charge in [0.2, 0.25) is 10.0 Å². The van der Waals surface area contributed by atoms with Crippen LogP contribution in [0.2, 0.25) is 0 Å². The van der Waals surface area contributed by atoms with Crippen LogP contribution in [0.15, 0.2) is 53.4 Å². The van der Waals surface area contributed by atoms with E-state index in [2.05, 4.69) is 10.9 Å². The van der Waals surface area contributed by atoms with E-state index in [1.165, 1.54) is 28.6 Å². The number of hydrogen-bond donors (Lipinski definition) is 2. The molecule has 8 nitrogen and oxygen atoms in total. The number of sulfonamides is 1. The zero-order valence-electron chi connectivity index (χ0n) is 15.6. The van der Waals surface area contributed by atoms with Gasteiger partial charge >= 0.3 is 0 Å². The first-order chi connectivity index (χ1) is 13.9. The van der Waals surface area contributed by atoms with Crippen LogP contribution < -0.4 is 15.6 Å². The second-order valence-electron chi connectivity index (χ2n) is 7.00. The maximum atomic E-state index is 12.5. The van der Waals surface area contributed by atoms with Crippen molar-refractivity contribution in [3.8, 4) is 5.75 Å². The number of nitrogens with zero attached hydrogens (tertiary/aromatic N) is 1. The molecule has 0 bridgehead atoms. The predicted molar refractivity (Wildman–Crippen MR) is 105 cm³/mol. The third kappa shape index (κ3) is 3.96. The number of carbonyl (C=O) groups excluding carboxylic acids is 2. The fraction of sp³-hybridized carbons (Fsp3) is 0.300. The number of nitrogens with one attached hydrogen (secondary N) is 2. The van der Waals surface area contributed by atoms with Crippen LogP contribution >= 0.6 is 0 Å². The van der Waals surface area contributed by atoms with E-state index in [-0.39, 0.29) is 10.5 Å². The van der Waals surface area contributed by atoms with Crippen molar-refractivity contribution in [2.24, 2.45) is 0 Å². The molecule has 2 aromatic carbocycles. The van der Waals surface area contributed by atoms with Crippen molar-refractivity contribution >= 4 is 21.8 Å². The minimum atomic E-state index is -3.53. The number of amides is 2. The number of fused-ring (bicyclic) bond motifs is 1. The summed E-state index contributed by atoms with van der Waals surface area (Å²) in [5, 5.41) is 0. The first kappa shape index (κ1) is 19.4. The summed E-state index contributed by atoms with van der Waals surface area (Å²) in [4.78, 5) is 24.7. The van der Waals surface area contributed by atoms with Gasteiger partial charge in [-0.1, -0.05) is 18.2 Å². The molecule has 0 aromatic heterocycles. The summed E-state index contributed by atoms with van der Waals surface area (Å²) >= 11 is 0. The molecule has 9 heteroatoms. The molecule has 152 valence electrons. The Morgan fingerprint density at radius 2 is 1.66 bits per heavy atom. The van der Waals surface area contributed by atoms with Crippen LogP contribution in [0, 0.1) is 0 Å². The Kier molecular flexibility index (Phi) is 5.25. The Morgan fingerprint density at radius 1 is 0.966 bits per heavy atom. The fourth-order valence-corrected chi connectivity index (χ4v) is 4.97. The van der Waals surface area contributed by atoms with Crippen LogP contribution in [0.3, 0.4) is 0 Å². The van der Waals surface area contributed by atoms with Crippen LogP contribution in [0.1, 0.15) is 28.8 Å². The first-order valence-electron chi connectivity index (χ1n) is 9.40. The molecule has 2 aromatic rings. The molecule has 0 aliphatic carbocycles. The molecule has 0 spiro atoms. The van der Waals surface area contributed by atoms with Gasteiger partial charge in [0.1, 0.15) is 5.75 Å². The zero-order valence-corrected chi connectivity index (χ0v) is 16.4. The lowest BCUT2D eigenvalue weighted by atomic mass is 10.1. The van der Waals surface area contributed by atoms with Crippen LogP contribution in [0.5, 0.6) is 5.75 Å². The number of benzene rings is 2. The van der Waals surface area contributed by atoms with Crippen LogP contribution in [0.25, 0.3) is 0 Å². The van der Waals surface area contributed by atoms with Crippen molar-refractivity contribution in [1.29, 1.82) is 0 Å². The summed E-state index contributed by atoms with van der Waals surface area (Å²) in [5.74, 6) is -0.337. The van der Waals surface area contributed by atoms with E-state index in [0.717, 1.165) is 18.4 Å². The quantitative estimate of drug-likeness (QED) is 0.731. The van der Waals surface area contributed by atoms with Crippen molar-refractivity contribution in [3.63, 3.8) is 0 Å². The molecular weight excluding hydrogens is 394 g/mol. The summed E-state index contributed by atoms with van der Waals surface area (Å²) < 4.78 is 32.1. The second-order valence-corrected chi connectivity index (χ2v) is 8.94. The van der Waals surface area contributed by atoms with Gasteiger partial charge in [-0.3, -0.25) is 20.4 Å². The summed E-state index contributed by atoms with van der Waals surface area (Å²) in [6.45, 7) is 1.04. The number of hydrogen-bond acceptors (Lipinski definition) is 5. The van der Waals surface area contributed by atoms with Gasteiger partial charge < -0.3 is 4.74 Å². The molecule has 4 rings (SSSR count). The molecule has 2 aliphatic rings. The average Bonchev–Trinajstić information content (AvgIpc) is 3.42. The van der Waals surface area contributed by atoms with Crippen LogP contribution in [0.4, 0.5) is 0 Å². The molecule has 1 saturated heterocycles. The lowest BCUT2D eigenvalue weighted by Crippen LogP contribution is -2.47. The molecule has 2 heterocycles. The number of hydrazine groups is 1. The zero-order chi connectivity index (χ0) is 20.4. The third-order valence-electron chi connectivity index (χ3n) is 5.06. The minimum Gasteiger partial charge on any atom is -0.480 e. The average molecular weight is 415 g/mol. The minimum absolute atomic E-state index is 0.150. The smallest absolute Gasteiger partial charge is 0.279 e. The van der Waals surface area contributed by atoms with Crippen molar-refractivity contribution in [3.05, 3.63) is 59.7 Å². The van der Waals surface area contributed by atoms with Crippen molar-refractivity contribution in [2.45, 2.75) is 30.3 Å². The van der Waals surface area contributed by atoms with Crippen LogP contribution in [-0.4, -0.2) is 43.7 Å². The molecule has 29 heavy (non-hydrogen) atoms. The summed E-state index contributed by atoms with van der Waals surface area (Å²) in [5.41, 5.74) is 5.87. The normalized spacial score (nSPS) is 18.7. The first-order valence-corrected chi connectivity index (χ1v) is 10.8. The number of carbonyl (C=O) groups is 2. The topological polar surface area (TPSA) is 105 Å². The highest BCUT2D eigenvalue weighted by atomic mass is 32.2. The van der Waals surface area contributed by atoms with Gasteiger partial charge in [0.15, 0.2) is 6.10 Å². The maximum Gasteiger partial charge on any atom is 0.279 e. The molecule has 0 radical (unpaired) electrons. The fourth-order valence-electron chi connectivity index (χ4n) is 3.46. The second kappa shape index (κ2) is 7.84. The largest absolute Gasteiger partial charge is 0.480 e. The lowest BCUT2D eigenvalue weighted by Gasteiger charge is -2.15. The van der Waals surface area contributed by atoms with Gasteiger partial charge in [0, 0.05) is 25.1 Å². The number of para-hydroxylation sites is 1. The van der Waals surface area contributed by atoms with Gasteiger partial charge in [-0.2, -0.15) is 4.31 Å². The highest BCUT2D eigenvalue weighted by molar-refractivity contribution is 7.89. The van der Waals surface area contributed by atoms with Gasteiger partial charge in [-0.25, -0.2) is 8.42 Å². The Hall–Kier alpha value is -2.91. The SMILES string of the molecule is O=C(NNC(=O)[C@H]1Cc2ccccc2O1)c1ccc(S(=O)(=O)N2CCCC2)cc1. The number of ether oxygens (including phenoxy) is 1.